The maximum absolute atomic E-state index is 13.2. The number of halogens is 1. The van der Waals surface area contributed by atoms with Gasteiger partial charge >= 0.3 is 0 Å². The van der Waals surface area contributed by atoms with Crippen LogP contribution in [0, 0.1) is 5.82 Å². The third-order valence-corrected chi connectivity index (χ3v) is 1.93. The summed E-state index contributed by atoms with van der Waals surface area (Å²) in [4.78, 5) is 7.68. The van der Waals surface area contributed by atoms with E-state index in [0.29, 0.717) is 25.7 Å². The van der Waals surface area contributed by atoms with Gasteiger partial charge in [-0.05, 0) is 6.92 Å². The van der Waals surface area contributed by atoms with Crippen LogP contribution in [-0.4, -0.2) is 35.8 Å². The molecule has 1 N–H and O–H groups in total. The van der Waals surface area contributed by atoms with Gasteiger partial charge in [0.2, 0.25) is 11.8 Å². The van der Waals surface area contributed by atoms with E-state index in [4.69, 9.17) is 9.47 Å². The molecule has 2 heterocycles. The zero-order valence-electron chi connectivity index (χ0n) is 8.36. The van der Waals surface area contributed by atoms with Crippen LogP contribution in [-0.2, 0) is 4.74 Å². The standard InChI is InChI=1S/C9H12FN3O2/c1-2-11-9-12-3-7(10)8(13-9)15-6-4-14-5-6/h3,6H,2,4-5H2,1H3,(H,11,12,13). The molecule has 1 aliphatic heterocycles. The normalized spacial score (nSPS) is 15.9. The van der Waals surface area contributed by atoms with E-state index in [1.165, 1.54) is 0 Å². The van der Waals surface area contributed by atoms with Crippen LogP contribution in [0.15, 0.2) is 6.20 Å². The molecule has 1 saturated heterocycles. The van der Waals surface area contributed by atoms with Crippen molar-refractivity contribution in [2.75, 3.05) is 25.1 Å². The van der Waals surface area contributed by atoms with Gasteiger partial charge in [-0.3, -0.25) is 0 Å². The van der Waals surface area contributed by atoms with E-state index in [2.05, 4.69) is 15.3 Å². The highest BCUT2D eigenvalue weighted by molar-refractivity contribution is 5.28. The van der Waals surface area contributed by atoms with Crippen molar-refractivity contribution >= 4 is 5.95 Å². The minimum absolute atomic E-state index is 0.0192. The fourth-order valence-corrected chi connectivity index (χ4v) is 1.12. The number of nitrogens with zero attached hydrogens (tertiary/aromatic N) is 2. The molecule has 0 aromatic carbocycles. The van der Waals surface area contributed by atoms with Gasteiger partial charge in [-0.15, -0.1) is 0 Å². The molecule has 0 amide bonds. The maximum atomic E-state index is 13.2. The van der Waals surface area contributed by atoms with Crippen LogP contribution in [0.5, 0.6) is 5.88 Å². The SMILES string of the molecule is CCNc1ncc(F)c(OC2COC2)n1. The Bertz CT molecular complexity index is 344. The zero-order valence-corrected chi connectivity index (χ0v) is 8.36. The molecule has 1 aliphatic rings. The fraction of sp³-hybridized carbons (Fsp3) is 0.556. The average molecular weight is 213 g/mol. The van der Waals surface area contributed by atoms with Crippen molar-refractivity contribution in [2.24, 2.45) is 0 Å². The van der Waals surface area contributed by atoms with E-state index < -0.39 is 5.82 Å². The van der Waals surface area contributed by atoms with Gasteiger partial charge in [0, 0.05) is 6.54 Å². The molecule has 6 heteroatoms. The summed E-state index contributed by atoms with van der Waals surface area (Å²) in [7, 11) is 0. The molecular formula is C9H12FN3O2. The summed E-state index contributed by atoms with van der Waals surface area (Å²) in [6.45, 7) is 3.56. The number of nitrogens with one attached hydrogen (secondary N) is 1. The highest BCUT2D eigenvalue weighted by Gasteiger charge is 2.22. The Morgan fingerprint density at radius 2 is 2.47 bits per heavy atom. The van der Waals surface area contributed by atoms with Crippen molar-refractivity contribution in [3.63, 3.8) is 0 Å². The second kappa shape index (κ2) is 4.39. The van der Waals surface area contributed by atoms with Crippen molar-refractivity contribution in [2.45, 2.75) is 13.0 Å². The second-order valence-electron chi connectivity index (χ2n) is 3.15. The number of hydrogen-bond donors (Lipinski definition) is 1. The summed E-state index contributed by atoms with van der Waals surface area (Å²) in [6, 6.07) is 0. The molecule has 1 aromatic rings. The van der Waals surface area contributed by atoms with Gasteiger partial charge in [-0.2, -0.15) is 9.37 Å². The molecule has 0 saturated carbocycles. The summed E-state index contributed by atoms with van der Waals surface area (Å²) in [5.41, 5.74) is 0. The first kappa shape index (κ1) is 10.1. The van der Waals surface area contributed by atoms with Gasteiger partial charge in [0.25, 0.3) is 5.88 Å². The Balaban J connectivity index is 2.08. The molecule has 0 unspecified atom stereocenters. The van der Waals surface area contributed by atoms with Crippen molar-refractivity contribution in [3.05, 3.63) is 12.0 Å². The predicted octanol–water partition coefficient (Wildman–Crippen LogP) is 0.825. The lowest BCUT2D eigenvalue weighted by atomic mass is 10.3. The lowest BCUT2D eigenvalue weighted by Gasteiger charge is -2.26. The molecule has 0 radical (unpaired) electrons. The van der Waals surface area contributed by atoms with Crippen LogP contribution in [0.1, 0.15) is 6.92 Å². The fourth-order valence-electron chi connectivity index (χ4n) is 1.12. The zero-order chi connectivity index (χ0) is 10.7. The first-order valence-electron chi connectivity index (χ1n) is 4.80. The Labute approximate surface area is 86.6 Å². The van der Waals surface area contributed by atoms with E-state index >= 15 is 0 Å². The Morgan fingerprint density at radius 1 is 1.67 bits per heavy atom. The summed E-state index contributed by atoms with van der Waals surface area (Å²) < 4.78 is 23.4. The predicted molar refractivity (Wildman–Crippen MR) is 51.4 cm³/mol. The second-order valence-corrected chi connectivity index (χ2v) is 3.15. The Hall–Kier alpha value is -1.43. The molecule has 0 atom stereocenters. The monoisotopic (exact) mass is 213 g/mol. The highest BCUT2D eigenvalue weighted by atomic mass is 19.1. The number of anilines is 1. The summed E-state index contributed by atoms with van der Waals surface area (Å²) in [5.74, 6) is -0.202. The van der Waals surface area contributed by atoms with Crippen LogP contribution < -0.4 is 10.1 Å². The average Bonchev–Trinajstić information content (AvgIpc) is 2.16. The van der Waals surface area contributed by atoms with Crippen molar-refractivity contribution in [1.29, 1.82) is 0 Å². The highest BCUT2D eigenvalue weighted by Crippen LogP contribution is 2.18. The molecule has 5 nitrogen and oxygen atoms in total. The smallest absolute Gasteiger partial charge is 0.255 e. The van der Waals surface area contributed by atoms with Crippen molar-refractivity contribution < 1.29 is 13.9 Å². The van der Waals surface area contributed by atoms with Gasteiger partial charge in [0.1, 0.15) is 6.10 Å². The lowest BCUT2D eigenvalue weighted by molar-refractivity contribution is -0.0826. The molecule has 82 valence electrons. The number of aromatic nitrogens is 2. The molecule has 0 aliphatic carbocycles. The van der Waals surface area contributed by atoms with E-state index in [0.717, 1.165) is 6.20 Å². The van der Waals surface area contributed by atoms with Gasteiger partial charge in [-0.1, -0.05) is 0 Å². The molecular weight excluding hydrogens is 201 g/mol. The topological polar surface area (TPSA) is 56.3 Å². The largest absolute Gasteiger partial charge is 0.467 e. The minimum atomic E-state index is -0.552. The number of hydrogen-bond acceptors (Lipinski definition) is 5. The molecule has 1 fully saturated rings. The van der Waals surface area contributed by atoms with E-state index in [1.54, 1.807) is 0 Å². The van der Waals surface area contributed by atoms with Crippen LogP contribution in [0.4, 0.5) is 10.3 Å². The Kier molecular flexibility index (Phi) is 2.96. The molecule has 1 aromatic heterocycles. The van der Waals surface area contributed by atoms with E-state index in [-0.39, 0.29) is 12.0 Å². The first-order valence-corrected chi connectivity index (χ1v) is 4.80. The summed E-state index contributed by atoms with van der Waals surface area (Å²) in [6.07, 6.45) is 1.00. The third-order valence-electron chi connectivity index (χ3n) is 1.93. The first-order chi connectivity index (χ1) is 7.29. The van der Waals surface area contributed by atoms with Gasteiger partial charge < -0.3 is 14.8 Å². The van der Waals surface area contributed by atoms with Crippen LogP contribution in [0.3, 0.4) is 0 Å². The summed E-state index contributed by atoms with van der Waals surface area (Å²) >= 11 is 0. The molecule has 0 spiro atoms. The van der Waals surface area contributed by atoms with E-state index in [9.17, 15) is 4.39 Å². The van der Waals surface area contributed by atoms with E-state index in [1.807, 2.05) is 6.92 Å². The maximum Gasteiger partial charge on any atom is 0.255 e. The lowest BCUT2D eigenvalue weighted by Crippen LogP contribution is -2.39. The van der Waals surface area contributed by atoms with Crippen molar-refractivity contribution in [3.8, 4) is 5.88 Å². The molecule has 15 heavy (non-hydrogen) atoms. The van der Waals surface area contributed by atoms with Crippen LogP contribution in [0.25, 0.3) is 0 Å². The number of ether oxygens (including phenoxy) is 2. The summed E-state index contributed by atoms with van der Waals surface area (Å²) in [5, 5.41) is 2.88. The van der Waals surface area contributed by atoms with Crippen molar-refractivity contribution in [1.82, 2.24) is 9.97 Å². The van der Waals surface area contributed by atoms with Gasteiger partial charge in [0.05, 0.1) is 19.4 Å². The minimum Gasteiger partial charge on any atom is -0.467 e. The third kappa shape index (κ3) is 2.33. The van der Waals surface area contributed by atoms with Crippen LogP contribution in [0.2, 0.25) is 0 Å². The number of rotatable bonds is 4. The van der Waals surface area contributed by atoms with Crippen LogP contribution >= 0.6 is 0 Å². The molecule has 0 bridgehead atoms. The quantitative estimate of drug-likeness (QED) is 0.802. The van der Waals surface area contributed by atoms with Gasteiger partial charge in [0.15, 0.2) is 0 Å². The Morgan fingerprint density at radius 3 is 3.07 bits per heavy atom. The van der Waals surface area contributed by atoms with Gasteiger partial charge in [-0.25, -0.2) is 4.98 Å². The molecule has 2 rings (SSSR count).